The molecule has 0 saturated heterocycles. The van der Waals surface area contributed by atoms with Crippen LogP contribution in [0, 0.1) is 6.92 Å². The lowest BCUT2D eigenvalue weighted by molar-refractivity contribution is 0.0986. The fourth-order valence-electron chi connectivity index (χ4n) is 2.59. The van der Waals surface area contributed by atoms with Gasteiger partial charge in [-0.1, -0.05) is 40.8 Å². The molecule has 0 fully saturated rings. The Morgan fingerprint density at radius 2 is 1.97 bits per heavy atom. The molecule has 0 aliphatic carbocycles. The van der Waals surface area contributed by atoms with Crippen LogP contribution in [-0.2, 0) is 0 Å². The number of hydrogen-bond donors (Lipinski definition) is 1. The van der Waals surface area contributed by atoms with Gasteiger partial charge in [-0.25, -0.2) is 0 Å². The van der Waals surface area contributed by atoms with E-state index in [0.29, 0.717) is 25.8 Å². The van der Waals surface area contributed by atoms with E-state index in [1.165, 1.54) is 23.1 Å². The number of nitrogens with one attached hydrogen (secondary N) is 1. The van der Waals surface area contributed by atoms with Gasteiger partial charge in [0.1, 0.15) is 5.75 Å². The number of carbonyl (C=O) groups excluding carboxylic acids is 1. The van der Waals surface area contributed by atoms with Crippen molar-refractivity contribution < 1.29 is 13.9 Å². The van der Waals surface area contributed by atoms with Crippen LogP contribution in [-0.4, -0.2) is 39.0 Å². The summed E-state index contributed by atoms with van der Waals surface area (Å²) in [5.41, 5.74) is 2.58. The van der Waals surface area contributed by atoms with Crippen molar-refractivity contribution in [1.29, 1.82) is 0 Å². The summed E-state index contributed by atoms with van der Waals surface area (Å²) in [7, 11) is 1.61. The number of benzene rings is 2. The molecule has 0 unspecified atom stereocenters. The third-order valence-electron chi connectivity index (χ3n) is 4.08. The lowest BCUT2D eigenvalue weighted by atomic mass is 10.2. The van der Waals surface area contributed by atoms with Gasteiger partial charge in [0, 0.05) is 10.6 Å². The van der Waals surface area contributed by atoms with Crippen molar-refractivity contribution in [3.63, 3.8) is 0 Å². The third-order valence-corrected chi connectivity index (χ3v) is 6.31. The molecule has 0 atom stereocenters. The molecule has 11 heteroatoms. The van der Waals surface area contributed by atoms with Gasteiger partial charge in [0.15, 0.2) is 4.34 Å². The van der Waals surface area contributed by atoms with Crippen LogP contribution in [0.15, 0.2) is 51.2 Å². The fraction of sp³-hybridized carbons (Fsp3) is 0.150. The van der Waals surface area contributed by atoms with Gasteiger partial charge in [0.05, 0.1) is 18.6 Å². The first-order valence-electron chi connectivity index (χ1n) is 9.02. The van der Waals surface area contributed by atoms with Gasteiger partial charge in [-0.15, -0.1) is 20.4 Å². The number of anilines is 2. The molecule has 31 heavy (non-hydrogen) atoms. The van der Waals surface area contributed by atoms with Crippen LogP contribution in [0.2, 0.25) is 5.02 Å². The Morgan fingerprint density at radius 1 is 1.16 bits per heavy atom. The first-order chi connectivity index (χ1) is 15.0. The smallest absolute Gasteiger partial charge is 0.285 e. The standard InChI is InChI=1S/C20H16ClN5O3S2/c1-11-3-8-16(28-2)14(9-11)22-19-25-26-20(31-19)30-10-15(27)18-24-23-17(29-18)12-4-6-13(21)7-5-12/h3-9H,10H2,1-2H3,(H,22,25). The Balaban J connectivity index is 1.37. The number of hydrogen-bond acceptors (Lipinski definition) is 10. The average molecular weight is 474 g/mol. The van der Waals surface area contributed by atoms with Crippen LogP contribution in [0.5, 0.6) is 5.75 Å². The highest BCUT2D eigenvalue weighted by Crippen LogP contribution is 2.32. The number of aryl methyl sites for hydroxylation is 1. The lowest BCUT2D eigenvalue weighted by Gasteiger charge is -2.09. The summed E-state index contributed by atoms with van der Waals surface area (Å²) in [5.74, 6) is 0.732. The fourth-order valence-corrected chi connectivity index (χ4v) is 4.33. The Kier molecular flexibility index (Phi) is 6.50. The molecule has 0 saturated carbocycles. The first-order valence-corrected chi connectivity index (χ1v) is 11.2. The van der Waals surface area contributed by atoms with Gasteiger partial charge < -0.3 is 14.5 Å². The number of methoxy groups -OCH3 is 1. The average Bonchev–Trinajstić information content (AvgIpc) is 3.43. The minimum Gasteiger partial charge on any atom is -0.495 e. The normalized spacial score (nSPS) is 10.8. The van der Waals surface area contributed by atoms with Crippen LogP contribution in [0.1, 0.15) is 16.2 Å². The van der Waals surface area contributed by atoms with Gasteiger partial charge in [-0.2, -0.15) is 0 Å². The number of thioether (sulfide) groups is 1. The number of nitrogens with zero attached hydrogens (tertiary/aromatic N) is 4. The van der Waals surface area contributed by atoms with Gasteiger partial charge in [-0.3, -0.25) is 4.79 Å². The first kappa shape index (κ1) is 21.3. The van der Waals surface area contributed by atoms with E-state index in [4.69, 9.17) is 20.8 Å². The van der Waals surface area contributed by atoms with Crippen LogP contribution >= 0.6 is 34.7 Å². The number of Topliss-reactive ketones (excluding diaryl/α,β-unsaturated/α-hetero) is 1. The van der Waals surface area contributed by atoms with E-state index in [2.05, 4.69) is 25.7 Å². The maximum absolute atomic E-state index is 12.4. The molecule has 0 radical (unpaired) electrons. The summed E-state index contributed by atoms with van der Waals surface area (Å²) in [6, 6.07) is 12.7. The van der Waals surface area contributed by atoms with E-state index in [9.17, 15) is 4.79 Å². The molecule has 2 aromatic heterocycles. The van der Waals surface area contributed by atoms with E-state index in [1.807, 2.05) is 25.1 Å². The van der Waals surface area contributed by atoms with Crippen molar-refractivity contribution >= 4 is 51.3 Å². The summed E-state index contributed by atoms with van der Waals surface area (Å²) in [6.45, 7) is 1.99. The second-order valence-electron chi connectivity index (χ2n) is 6.33. The molecule has 0 aliphatic rings. The zero-order valence-electron chi connectivity index (χ0n) is 16.5. The highest BCUT2D eigenvalue weighted by molar-refractivity contribution is 8.01. The molecule has 4 aromatic rings. The van der Waals surface area contributed by atoms with Crippen molar-refractivity contribution in [1.82, 2.24) is 20.4 Å². The number of ether oxygens (including phenoxy) is 1. The number of ketones is 1. The zero-order valence-corrected chi connectivity index (χ0v) is 18.8. The second-order valence-corrected chi connectivity index (χ2v) is 8.97. The van der Waals surface area contributed by atoms with Crippen molar-refractivity contribution in [2.24, 2.45) is 0 Å². The van der Waals surface area contributed by atoms with E-state index in [-0.39, 0.29) is 23.3 Å². The maximum atomic E-state index is 12.4. The molecule has 0 bridgehead atoms. The number of aromatic nitrogens is 4. The number of rotatable bonds is 8. The molecule has 2 heterocycles. The Morgan fingerprint density at radius 3 is 2.74 bits per heavy atom. The summed E-state index contributed by atoms with van der Waals surface area (Å²) in [4.78, 5) is 12.4. The lowest BCUT2D eigenvalue weighted by Crippen LogP contribution is -2.02. The van der Waals surface area contributed by atoms with Crippen molar-refractivity contribution in [2.45, 2.75) is 11.3 Å². The predicted octanol–water partition coefficient (Wildman–Crippen LogP) is 5.28. The quantitative estimate of drug-likeness (QED) is 0.270. The monoisotopic (exact) mass is 473 g/mol. The van der Waals surface area contributed by atoms with Gasteiger partial charge in [0.25, 0.3) is 5.89 Å². The van der Waals surface area contributed by atoms with E-state index in [0.717, 1.165) is 11.3 Å². The van der Waals surface area contributed by atoms with Crippen LogP contribution in [0.4, 0.5) is 10.8 Å². The molecule has 0 amide bonds. The largest absolute Gasteiger partial charge is 0.495 e. The molecule has 8 nitrogen and oxygen atoms in total. The summed E-state index contributed by atoms with van der Waals surface area (Å²) in [6.07, 6.45) is 0. The van der Waals surface area contributed by atoms with Gasteiger partial charge in [-0.05, 0) is 48.9 Å². The second kappa shape index (κ2) is 9.46. The molecular weight excluding hydrogens is 458 g/mol. The highest BCUT2D eigenvalue weighted by Gasteiger charge is 2.17. The SMILES string of the molecule is COc1ccc(C)cc1Nc1nnc(SCC(=O)c2nnc(-c3ccc(Cl)cc3)o2)s1. The number of carbonyl (C=O) groups is 1. The highest BCUT2D eigenvalue weighted by atomic mass is 35.5. The summed E-state index contributed by atoms with van der Waals surface area (Å²) >= 11 is 8.47. The van der Waals surface area contributed by atoms with E-state index < -0.39 is 0 Å². The van der Waals surface area contributed by atoms with Gasteiger partial charge in [0.2, 0.25) is 16.8 Å². The molecule has 0 spiro atoms. The van der Waals surface area contributed by atoms with E-state index in [1.54, 1.807) is 31.4 Å². The molecule has 0 aliphatic heterocycles. The summed E-state index contributed by atoms with van der Waals surface area (Å²) in [5, 5.41) is 20.4. The van der Waals surface area contributed by atoms with Crippen LogP contribution in [0.25, 0.3) is 11.5 Å². The van der Waals surface area contributed by atoms with Crippen LogP contribution < -0.4 is 10.1 Å². The predicted molar refractivity (Wildman–Crippen MR) is 121 cm³/mol. The molecular formula is C20H16ClN5O3S2. The molecule has 2 aromatic carbocycles. The Labute approximate surface area is 191 Å². The molecule has 4 rings (SSSR count). The molecule has 1 N–H and O–H groups in total. The van der Waals surface area contributed by atoms with Crippen molar-refractivity contribution in [3.8, 4) is 17.2 Å². The number of halogens is 1. The van der Waals surface area contributed by atoms with Crippen molar-refractivity contribution in [2.75, 3.05) is 18.2 Å². The van der Waals surface area contributed by atoms with E-state index >= 15 is 0 Å². The molecule has 158 valence electrons. The maximum Gasteiger partial charge on any atom is 0.285 e. The van der Waals surface area contributed by atoms with Crippen molar-refractivity contribution in [3.05, 3.63) is 58.9 Å². The topological polar surface area (TPSA) is 103 Å². The van der Waals surface area contributed by atoms with Gasteiger partial charge >= 0.3 is 0 Å². The zero-order chi connectivity index (χ0) is 21.8. The van der Waals surface area contributed by atoms with Crippen LogP contribution in [0.3, 0.4) is 0 Å². The Hall–Kier alpha value is -2.95. The third kappa shape index (κ3) is 5.22. The minimum absolute atomic E-state index is 0.0511. The Bertz CT molecular complexity index is 1210. The summed E-state index contributed by atoms with van der Waals surface area (Å²) < 4.78 is 11.5. The minimum atomic E-state index is -0.289.